The fourth-order valence-corrected chi connectivity index (χ4v) is 2.95. The zero-order chi connectivity index (χ0) is 17.4. The summed E-state index contributed by atoms with van der Waals surface area (Å²) in [4.78, 5) is 29.0. The number of methoxy groups -OCH3 is 1. The molecule has 0 aliphatic heterocycles. The molecule has 0 aliphatic carbocycles. The summed E-state index contributed by atoms with van der Waals surface area (Å²) in [5.74, 6) is -0.541. The Morgan fingerprint density at radius 2 is 1.96 bits per heavy atom. The number of nitrogens with zero attached hydrogens (tertiary/aromatic N) is 2. The zero-order valence-corrected chi connectivity index (χ0v) is 14.4. The van der Waals surface area contributed by atoms with Crippen molar-refractivity contribution < 1.29 is 9.53 Å². The lowest BCUT2D eigenvalue weighted by Crippen LogP contribution is -2.19. The molecule has 122 valence electrons. The van der Waals surface area contributed by atoms with Gasteiger partial charge in [0.2, 0.25) is 0 Å². The molecule has 0 atom stereocenters. The summed E-state index contributed by atoms with van der Waals surface area (Å²) in [6.45, 7) is 1.69. The van der Waals surface area contributed by atoms with Crippen molar-refractivity contribution in [3.8, 4) is 5.69 Å². The number of benzene rings is 1. The van der Waals surface area contributed by atoms with E-state index < -0.39 is 5.97 Å². The van der Waals surface area contributed by atoms with Crippen LogP contribution in [0.2, 0.25) is 10.0 Å². The SMILES string of the molecule is COC(=O)c1cc2c(=O)n(-c3ccc(Cl)cc3Cl)ccc2nc1C. The Hall–Kier alpha value is -2.37. The van der Waals surface area contributed by atoms with Gasteiger partial charge in [-0.1, -0.05) is 23.2 Å². The summed E-state index contributed by atoms with van der Waals surface area (Å²) in [6.07, 6.45) is 1.59. The molecule has 0 amide bonds. The van der Waals surface area contributed by atoms with Gasteiger partial charge in [-0.25, -0.2) is 4.79 Å². The number of hydrogen-bond acceptors (Lipinski definition) is 4. The van der Waals surface area contributed by atoms with Crippen LogP contribution in [-0.2, 0) is 4.74 Å². The van der Waals surface area contributed by atoms with Crippen LogP contribution in [0.1, 0.15) is 16.1 Å². The standard InChI is InChI=1S/C17H12Cl2N2O3/c1-9-11(17(23)24-2)8-12-14(20-9)5-6-21(16(12)22)15-4-3-10(18)7-13(15)19/h3-8H,1-2H3. The van der Waals surface area contributed by atoms with Gasteiger partial charge in [0.05, 0.1) is 40.0 Å². The largest absolute Gasteiger partial charge is 0.465 e. The van der Waals surface area contributed by atoms with Crippen molar-refractivity contribution in [2.45, 2.75) is 6.92 Å². The Morgan fingerprint density at radius 1 is 1.21 bits per heavy atom. The van der Waals surface area contributed by atoms with E-state index in [-0.39, 0.29) is 11.1 Å². The van der Waals surface area contributed by atoms with Crippen LogP contribution in [0.4, 0.5) is 0 Å². The van der Waals surface area contributed by atoms with Crippen molar-refractivity contribution in [1.29, 1.82) is 0 Å². The maximum Gasteiger partial charge on any atom is 0.339 e. The first-order valence-electron chi connectivity index (χ1n) is 6.99. The summed E-state index contributed by atoms with van der Waals surface area (Å²) >= 11 is 12.1. The van der Waals surface area contributed by atoms with Crippen molar-refractivity contribution in [2.75, 3.05) is 7.11 Å². The number of ether oxygens (including phenoxy) is 1. The Labute approximate surface area is 147 Å². The van der Waals surface area contributed by atoms with Crippen molar-refractivity contribution in [3.05, 3.63) is 68.2 Å². The summed E-state index contributed by atoms with van der Waals surface area (Å²) < 4.78 is 6.12. The van der Waals surface area contributed by atoms with Gasteiger partial charge in [0, 0.05) is 11.2 Å². The monoisotopic (exact) mass is 362 g/mol. The fourth-order valence-electron chi connectivity index (χ4n) is 2.45. The molecular formula is C17H12Cl2N2O3. The van der Waals surface area contributed by atoms with Crippen molar-refractivity contribution in [1.82, 2.24) is 9.55 Å². The van der Waals surface area contributed by atoms with E-state index in [0.29, 0.717) is 32.3 Å². The number of carbonyl (C=O) groups is 1. The highest BCUT2D eigenvalue weighted by molar-refractivity contribution is 6.35. The minimum Gasteiger partial charge on any atom is -0.465 e. The van der Waals surface area contributed by atoms with Crippen LogP contribution < -0.4 is 5.56 Å². The number of halogens is 2. The lowest BCUT2D eigenvalue weighted by atomic mass is 10.1. The Kier molecular flexibility index (Phi) is 4.30. The topological polar surface area (TPSA) is 61.2 Å². The number of aryl methyl sites for hydroxylation is 1. The Balaban J connectivity index is 2.29. The molecule has 3 rings (SSSR count). The second kappa shape index (κ2) is 6.26. The van der Waals surface area contributed by atoms with Crippen molar-refractivity contribution in [3.63, 3.8) is 0 Å². The van der Waals surface area contributed by atoms with E-state index in [1.54, 1.807) is 37.4 Å². The second-order valence-corrected chi connectivity index (χ2v) is 5.98. The number of rotatable bonds is 2. The van der Waals surface area contributed by atoms with Crippen LogP contribution in [0.15, 0.2) is 41.3 Å². The van der Waals surface area contributed by atoms with Crippen LogP contribution in [-0.4, -0.2) is 22.6 Å². The molecule has 0 N–H and O–H groups in total. The van der Waals surface area contributed by atoms with Crippen molar-refractivity contribution >= 4 is 40.1 Å². The predicted octanol–water partition coefficient (Wildman–Crippen LogP) is 3.79. The van der Waals surface area contributed by atoms with Crippen LogP contribution in [0, 0.1) is 6.92 Å². The molecular weight excluding hydrogens is 351 g/mol. The van der Waals surface area contributed by atoms with Gasteiger partial charge in [-0.2, -0.15) is 0 Å². The molecule has 7 heteroatoms. The van der Waals surface area contributed by atoms with Gasteiger partial charge in [0.1, 0.15) is 0 Å². The quantitative estimate of drug-likeness (QED) is 0.650. The molecule has 24 heavy (non-hydrogen) atoms. The highest BCUT2D eigenvalue weighted by atomic mass is 35.5. The first-order chi connectivity index (χ1) is 11.4. The normalized spacial score (nSPS) is 10.8. The fraction of sp³-hybridized carbons (Fsp3) is 0.118. The van der Waals surface area contributed by atoms with Crippen LogP contribution in [0.5, 0.6) is 0 Å². The zero-order valence-electron chi connectivity index (χ0n) is 12.8. The highest BCUT2D eigenvalue weighted by Gasteiger charge is 2.15. The molecule has 2 heterocycles. The third kappa shape index (κ3) is 2.77. The van der Waals surface area contributed by atoms with Gasteiger partial charge < -0.3 is 4.74 Å². The lowest BCUT2D eigenvalue weighted by molar-refractivity contribution is 0.0599. The van der Waals surface area contributed by atoms with Crippen LogP contribution in [0.25, 0.3) is 16.6 Å². The van der Waals surface area contributed by atoms with Gasteiger partial charge in [0.15, 0.2) is 0 Å². The van der Waals surface area contributed by atoms with E-state index >= 15 is 0 Å². The molecule has 0 aliphatic rings. The minimum absolute atomic E-state index is 0.252. The second-order valence-electron chi connectivity index (χ2n) is 5.13. The maximum atomic E-state index is 12.8. The molecule has 0 unspecified atom stereocenters. The average Bonchev–Trinajstić information content (AvgIpc) is 2.55. The van der Waals surface area contributed by atoms with E-state index in [1.165, 1.54) is 17.7 Å². The van der Waals surface area contributed by atoms with Crippen molar-refractivity contribution in [2.24, 2.45) is 0 Å². The third-order valence-electron chi connectivity index (χ3n) is 3.65. The van der Waals surface area contributed by atoms with Gasteiger partial charge >= 0.3 is 5.97 Å². The molecule has 0 saturated carbocycles. The molecule has 0 spiro atoms. The minimum atomic E-state index is -0.541. The summed E-state index contributed by atoms with van der Waals surface area (Å²) in [7, 11) is 1.28. The number of pyridine rings is 2. The first kappa shape index (κ1) is 16.5. The number of aromatic nitrogens is 2. The van der Waals surface area contributed by atoms with E-state index in [4.69, 9.17) is 27.9 Å². The van der Waals surface area contributed by atoms with E-state index in [0.717, 1.165) is 0 Å². The molecule has 1 aromatic carbocycles. The smallest absolute Gasteiger partial charge is 0.339 e. The number of esters is 1. The molecule has 2 aromatic heterocycles. The molecule has 0 radical (unpaired) electrons. The van der Waals surface area contributed by atoms with Gasteiger partial charge in [0.25, 0.3) is 5.56 Å². The highest BCUT2D eigenvalue weighted by Crippen LogP contribution is 2.24. The average molecular weight is 363 g/mol. The molecule has 0 fully saturated rings. The summed E-state index contributed by atoms with van der Waals surface area (Å²) in [6, 6.07) is 8.04. The molecule has 3 aromatic rings. The van der Waals surface area contributed by atoms with E-state index in [9.17, 15) is 9.59 Å². The lowest BCUT2D eigenvalue weighted by Gasteiger charge is -2.11. The Bertz CT molecular complexity index is 1030. The number of carbonyl (C=O) groups excluding carboxylic acids is 1. The predicted molar refractivity (Wildman–Crippen MR) is 93.4 cm³/mol. The Morgan fingerprint density at radius 3 is 2.62 bits per heavy atom. The van der Waals surface area contributed by atoms with Gasteiger partial charge in [-0.3, -0.25) is 14.3 Å². The number of fused-ring (bicyclic) bond motifs is 1. The van der Waals surface area contributed by atoms with Gasteiger partial charge in [-0.15, -0.1) is 0 Å². The summed E-state index contributed by atoms with van der Waals surface area (Å²) in [5.41, 5.74) is 1.40. The molecule has 5 nitrogen and oxygen atoms in total. The summed E-state index contributed by atoms with van der Waals surface area (Å²) in [5, 5.41) is 1.12. The van der Waals surface area contributed by atoms with E-state index in [2.05, 4.69) is 4.98 Å². The van der Waals surface area contributed by atoms with Crippen LogP contribution in [0.3, 0.4) is 0 Å². The molecule has 0 bridgehead atoms. The molecule has 0 saturated heterocycles. The van der Waals surface area contributed by atoms with Gasteiger partial charge in [-0.05, 0) is 37.3 Å². The third-order valence-corrected chi connectivity index (χ3v) is 4.19. The number of hydrogen-bond donors (Lipinski definition) is 0. The first-order valence-corrected chi connectivity index (χ1v) is 7.74. The maximum absolute atomic E-state index is 12.8. The van der Waals surface area contributed by atoms with E-state index in [1.807, 2.05) is 0 Å². The van der Waals surface area contributed by atoms with Crippen LogP contribution >= 0.6 is 23.2 Å².